The van der Waals surface area contributed by atoms with Gasteiger partial charge in [-0.25, -0.2) is 9.67 Å². The van der Waals surface area contributed by atoms with Crippen LogP contribution in [-0.4, -0.2) is 37.0 Å². The minimum absolute atomic E-state index is 0.104. The average molecular weight is 388 g/mol. The number of amides is 1. The highest BCUT2D eigenvalue weighted by atomic mass is 16.1. The fourth-order valence-electron chi connectivity index (χ4n) is 3.47. The molecule has 0 saturated carbocycles. The van der Waals surface area contributed by atoms with Gasteiger partial charge in [0.1, 0.15) is 0 Å². The zero-order valence-corrected chi connectivity index (χ0v) is 16.9. The van der Waals surface area contributed by atoms with Crippen molar-refractivity contribution in [3.05, 3.63) is 71.3 Å². The zero-order chi connectivity index (χ0) is 20.4. The van der Waals surface area contributed by atoms with Gasteiger partial charge in [0.2, 0.25) is 0 Å². The topological polar surface area (TPSA) is 77.6 Å². The molecular weight excluding hydrogens is 364 g/mol. The molecule has 0 aliphatic rings. The van der Waals surface area contributed by atoms with Crippen LogP contribution >= 0.6 is 0 Å². The highest BCUT2D eigenvalue weighted by molar-refractivity contribution is 6.06. The van der Waals surface area contributed by atoms with Gasteiger partial charge in [0.15, 0.2) is 5.65 Å². The minimum atomic E-state index is -0.104. The van der Waals surface area contributed by atoms with Gasteiger partial charge in [0.25, 0.3) is 5.91 Å². The first-order chi connectivity index (χ1) is 14.0. The van der Waals surface area contributed by atoms with Crippen LogP contribution in [0, 0.1) is 20.8 Å². The Morgan fingerprint density at radius 1 is 1.14 bits per heavy atom. The van der Waals surface area contributed by atoms with E-state index in [1.165, 1.54) is 0 Å². The van der Waals surface area contributed by atoms with Crippen LogP contribution in [0.3, 0.4) is 0 Å². The van der Waals surface area contributed by atoms with Gasteiger partial charge in [0.05, 0.1) is 28.5 Å². The highest BCUT2D eigenvalue weighted by Crippen LogP contribution is 2.24. The number of para-hydroxylation sites is 1. The predicted molar refractivity (Wildman–Crippen MR) is 112 cm³/mol. The van der Waals surface area contributed by atoms with Crippen molar-refractivity contribution in [2.45, 2.75) is 33.7 Å². The number of carbonyl (C=O) groups excluding carboxylic acids is 1. The molecule has 0 spiro atoms. The summed E-state index contributed by atoms with van der Waals surface area (Å²) >= 11 is 0. The predicted octanol–water partition coefficient (Wildman–Crippen LogP) is 3.36. The number of nitrogens with one attached hydrogen (secondary N) is 1. The quantitative estimate of drug-likeness (QED) is 0.514. The Balaban J connectivity index is 1.56. The van der Waals surface area contributed by atoms with E-state index in [2.05, 4.69) is 20.5 Å². The summed E-state index contributed by atoms with van der Waals surface area (Å²) in [6.07, 6.45) is 4.64. The van der Waals surface area contributed by atoms with Gasteiger partial charge in [-0.15, -0.1) is 0 Å². The van der Waals surface area contributed by atoms with Gasteiger partial charge in [-0.05, 0) is 51.0 Å². The number of fused-ring (bicyclic) bond motifs is 1. The van der Waals surface area contributed by atoms with Gasteiger partial charge in [-0.1, -0.05) is 18.2 Å². The first-order valence-electron chi connectivity index (χ1n) is 9.72. The van der Waals surface area contributed by atoms with E-state index in [1.807, 2.05) is 74.2 Å². The highest BCUT2D eigenvalue weighted by Gasteiger charge is 2.19. The van der Waals surface area contributed by atoms with E-state index in [1.54, 1.807) is 4.68 Å². The summed E-state index contributed by atoms with van der Waals surface area (Å²) in [6.45, 7) is 7.17. The first kappa shape index (κ1) is 18.9. The smallest absolute Gasteiger partial charge is 0.252 e. The number of hydrogen-bond acceptors (Lipinski definition) is 4. The molecule has 29 heavy (non-hydrogen) atoms. The molecular formula is C22H24N6O. The number of hydrogen-bond donors (Lipinski definition) is 1. The molecule has 3 aromatic heterocycles. The summed E-state index contributed by atoms with van der Waals surface area (Å²) in [4.78, 5) is 17.6. The maximum absolute atomic E-state index is 12.9. The van der Waals surface area contributed by atoms with Crippen molar-refractivity contribution < 1.29 is 4.79 Å². The largest absolute Gasteiger partial charge is 0.352 e. The SMILES string of the molecule is Cc1cnn(CCCNC(=O)c2cc(C)nc3c2c(C)nn3-c2ccccc2)c1. The maximum atomic E-state index is 12.9. The molecule has 148 valence electrons. The second-order valence-corrected chi connectivity index (χ2v) is 7.23. The fourth-order valence-corrected chi connectivity index (χ4v) is 3.47. The lowest BCUT2D eigenvalue weighted by Crippen LogP contribution is -2.25. The number of pyridine rings is 1. The monoisotopic (exact) mass is 388 g/mol. The standard InChI is InChI=1S/C22H24N6O/c1-15-13-24-27(14-15)11-7-10-23-22(29)19-12-16(2)25-21-20(19)17(3)26-28(21)18-8-5-4-6-9-18/h4-6,8-9,12-14H,7,10-11H2,1-3H3,(H,23,29). The van der Waals surface area contributed by atoms with Crippen molar-refractivity contribution in [3.8, 4) is 5.69 Å². The number of benzene rings is 1. The maximum Gasteiger partial charge on any atom is 0.252 e. The second-order valence-electron chi connectivity index (χ2n) is 7.23. The van der Waals surface area contributed by atoms with E-state index >= 15 is 0 Å². The minimum Gasteiger partial charge on any atom is -0.352 e. The van der Waals surface area contributed by atoms with E-state index in [0.29, 0.717) is 17.8 Å². The van der Waals surface area contributed by atoms with Crippen molar-refractivity contribution in [2.24, 2.45) is 0 Å². The molecule has 0 atom stereocenters. The Kier molecular flexibility index (Phi) is 5.12. The number of aromatic nitrogens is 5. The lowest BCUT2D eigenvalue weighted by molar-refractivity contribution is 0.0954. The van der Waals surface area contributed by atoms with Crippen molar-refractivity contribution in [1.82, 2.24) is 29.9 Å². The molecule has 1 aromatic carbocycles. The summed E-state index contributed by atoms with van der Waals surface area (Å²) in [5.41, 5.74) is 4.94. The normalized spacial score (nSPS) is 11.1. The molecule has 1 N–H and O–H groups in total. The Labute approximate surface area is 169 Å². The fraction of sp³-hybridized carbons (Fsp3) is 0.273. The van der Waals surface area contributed by atoms with Crippen LogP contribution in [-0.2, 0) is 6.54 Å². The molecule has 0 saturated heterocycles. The molecule has 0 radical (unpaired) electrons. The summed E-state index contributed by atoms with van der Waals surface area (Å²) in [5, 5.41) is 12.7. The molecule has 1 amide bonds. The Bertz CT molecular complexity index is 1160. The van der Waals surface area contributed by atoms with Crippen molar-refractivity contribution in [2.75, 3.05) is 6.54 Å². The van der Waals surface area contributed by atoms with Crippen LogP contribution in [0.5, 0.6) is 0 Å². The third kappa shape index (κ3) is 3.89. The van der Waals surface area contributed by atoms with E-state index in [4.69, 9.17) is 0 Å². The van der Waals surface area contributed by atoms with Crippen LogP contribution in [0.2, 0.25) is 0 Å². The van der Waals surface area contributed by atoms with E-state index in [9.17, 15) is 4.79 Å². The molecule has 0 fully saturated rings. The first-order valence-corrected chi connectivity index (χ1v) is 9.72. The van der Waals surface area contributed by atoms with Crippen molar-refractivity contribution in [1.29, 1.82) is 0 Å². The van der Waals surface area contributed by atoms with Gasteiger partial charge in [-0.3, -0.25) is 9.48 Å². The molecule has 7 nitrogen and oxygen atoms in total. The molecule has 0 aliphatic carbocycles. The number of rotatable bonds is 6. The van der Waals surface area contributed by atoms with Gasteiger partial charge in [-0.2, -0.15) is 10.2 Å². The molecule has 0 unspecified atom stereocenters. The Hall–Kier alpha value is -3.48. The van der Waals surface area contributed by atoms with E-state index in [0.717, 1.165) is 41.0 Å². The molecule has 3 heterocycles. The van der Waals surface area contributed by atoms with Crippen LogP contribution in [0.15, 0.2) is 48.8 Å². The average Bonchev–Trinajstić information content (AvgIpc) is 3.28. The summed E-state index contributed by atoms with van der Waals surface area (Å²) < 4.78 is 3.69. The summed E-state index contributed by atoms with van der Waals surface area (Å²) in [6, 6.07) is 11.7. The third-order valence-electron chi connectivity index (χ3n) is 4.80. The van der Waals surface area contributed by atoms with E-state index < -0.39 is 0 Å². The van der Waals surface area contributed by atoms with Crippen LogP contribution < -0.4 is 5.32 Å². The van der Waals surface area contributed by atoms with Gasteiger partial charge < -0.3 is 5.32 Å². The molecule has 0 aliphatic heterocycles. The summed E-state index contributed by atoms with van der Waals surface area (Å²) in [7, 11) is 0. The molecule has 4 aromatic rings. The van der Waals surface area contributed by atoms with Crippen molar-refractivity contribution in [3.63, 3.8) is 0 Å². The lowest BCUT2D eigenvalue weighted by atomic mass is 10.1. The molecule has 7 heteroatoms. The third-order valence-corrected chi connectivity index (χ3v) is 4.80. The summed E-state index contributed by atoms with van der Waals surface area (Å²) in [5.74, 6) is -0.104. The van der Waals surface area contributed by atoms with Gasteiger partial charge in [0, 0.05) is 25.0 Å². The van der Waals surface area contributed by atoms with Crippen LogP contribution in [0.4, 0.5) is 0 Å². The van der Waals surface area contributed by atoms with Crippen LogP contribution in [0.25, 0.3) is 16.7 Å². The van der Waals surface area contributed by atoms with Gasteiger partial charge >= 0.3 is 0 Å². The van der Waals surface area contributed by atoms with E-state index in [-0.39, 0.29) is 5.91 Å². The lowest BCUT2D eigenvalue weighted by Gasteiger charge is -2.09. The molecule has 0 bridgehead atoms. The number of nitrogens with zero attached hydrogens (tertiary/aromatic N) is 5. The van der Waals surface area contributed by atoms with Crippen molar-refractivity contribution >= 4 is 16.9 Å². The second kappa shape index (κ2) is 7.87. The molecule has 4 rings (SSSR count). The number of carbonyl (C=O) groups is 1. The Morgan fingerprint density at radius 2 is 1.93 bits per heavy atom. The van der Waals surface area contributed by atoms with Crippen LogP contribution in [0.1, 0.15) is 33.7 Å². The zero-order valence-electron chi connectivity index (χ0n) is 16.9. The Morgan fingerprint density at radius 3 is 2.66 bits per heavy atom. The number of aryl methyl sites for hydroxylation is 4.